The highest BCUT2D eigenvalue weighted by molar-refractivity contribution is 6.31. The number of halogens is 1. The molecule has 156 valence electrons. The minimum atomic E-state index is -0.686. The van der Waals surface area contributed by atoms with Gasteiger partial charge in [-0.1, -0.05) is 17.7 Å². The number of aryl methyl sites for hydroxylation is 3. The van der Waals surface area contributed by atoms with Crippen molar-refractivity contribution in [2.24, 2.45) is 7.05 Å². The average Bonchev–Trinajstić information content (AvgIpc) is 3.21. The van der Waals surface area contributed by atoms with E-state index in [1.165, 1.54) is 18.7 Å². The molecule has 9 nitrogen and oxygen atoms in total. The molecule has 0 saturated heterocycles. The number of carbonyl (C=O) groups excluding carboxylic acids is 1. The van der Waals surface area contributed by atoms with Gasteiger partial charge in [-0.25, -0.2) is 9.36 Å². The van der Waals surface area contributed by atoms with Gasteiger partial charge in [-0.15, -0.1) is 0 Å². The van der Waals surface area contributed by atoms with E-state index >= 15 is 0 Å². The van der Waals surface area contributed by atoms with Gasteiger partial charge in [0, 0.05) is 23.5 Å². The molecular weight excluding hydrogens is 410 g/mol. The summed E-state index contributed by atoms with van der Waals surface area (Å²) in [5.74, 6) is -0.211. The van der Waals surface area contributed by atoms with E-state index in [9.17, 15) is 14.4 Å². The fourth-order valence-electron chi connectivity index (χ4n) is 3.61. The molecule has 10 heteroatoms. The van der Waals surface area contributed by atoms with E-state index < -0.39 is 23.8 Å². The van der Waals surface area contributed by atoms with Gasteiger partial charge in [0.05, 0.1) is 12.8 Å². The van der Waals surface area contributed by atoms with E-state index in [4.69, 9.17) is 11.6 Å². The Morgan fingerprint density at radius 3 is 2.50 bits per heavy atom. The number of benzene rings is 1. The molecule has 0 bridgehead atoms. The molecular formula is C20H20ClN5O4. The van der Waals surface area contributed by atoms with Gasteiger partial charge < -0.3 is 4.74 Å². The Kier molecular flexibility index (Phi) is 4.58. The highest BCUT2D eigenvalue weighted by atomic mass is 35.5. The van der Waals surface area contributed by atoms with Crippen LogP contribution in [0.15, 0.2) is 27.8 Å². The average molecular weight is 430 g/mol. The summed E-state index contributed by atoms with van der Waals surface area (Å²) in [7, 11) is 2.72. The molecule has 1 aromatic carbocycles. The second-order valence-corrected chi connectivity index (χ2v) is 7.58. The summed E-state index contributed by atoms with van der Waals surface area (Å²) in [5.41, 5.74) is 2.59. The molecule has 0 unspecified atom stereocenters. The molecule has 0 aliphatic carbocycles. The fourth-order valence-corrected chi connectivity index (χ4v) is 3.79. The molecule has 0 aliphatic rings. The third-order valence-electron chi connectivity index (χ3n) is 5.45. The molecule has 0 atom stereocenters. The van der Waals surface area contributed by atoms with Crippen LogP contribution in [-0.2, 0) is 23.1 Å². The van der Waals surface area contributed by atoms with Gasteiger partial charge in [0.1, 0.15) is 6.54 Å². The second kappa shape index (κ2) is 6.88. The lowest BCUT2D eigenvalue weighted by Crippen LogP contribution is -2.41. The van der Waals surface area contributed by atoms with Crippen molar-refractivity contribution in [3.63, 3.8) is 0 Å². The van der Waals surface area contributed by atoms with Gasteiger partial charge >= 0.3 is 11.7 Å². The van der Waals surface area contributed by atoms with Crippen LogP contribution in [0.4, 0.5) is 0 Å². The van der Waals surface area contributed by atoms with E-state index in [-0.39, 0.29) is 11.2 Å². The summed E-state index contributed by atoms with van der Waals surface area (Å²) in [6, 6.07) is 5.66. The number of ether oxygens (including phenoxy) is 1. The largest absolute Gasteiger partial charge is 0.468 e. The topological polar surface area (TPSA) is 92.5 Å². The molecule has 0 radical (unpaired) electrons. The SMILES string of the molecule is COC(=O)Cn1c(=O)c2c(nc3n(-c4ccc(C)c(Cl)c4)c(C)c(C)n23)n(C)c1=O. The van der Waals surface area contributed by atoms with E-state index in [1.54, 1.807) is 4.40 Å². The highest BCUT2D eigenvalue weighted by Gasteiger charge is 2.24. The van der Waals surface area contributed by atoms with Gasteiger partial charge in [-0.2, -0.15) is 4.98 Å². The van der Waals surface area contributed by atoms with Crippen molar-refractivity contribution in [3.8, 4) is 5.69 Å². The Morgan fingerprint density at radius 2 is 1.87 bits per heavy atom. The molecule has 0 aliphatic heterocycles. The third-order valence-corrected chi connectivity index (χ3v) is 5.85. The third kappa shape index (κ3) is 2.69. The summed E-state index contributed by atoms with van der Waals surface area (Å²) in [4.78, 5) is 42.2. The van der Waals surface area contributed by atoms with Crippen LogP contribution in [0.25, 0.3) is 22.6 Å². The van der Waals surface area contributed by atoms with Crippen LogP contribution in [0.3, 0.4) is 0 Å². The first-order chi connectivity index (χ1) is 14.2. The van der Waals surface area contributed by atoms with Crippen LogP contribution in [0.1, 0.15) is 17.0 Å². The first-order valence-corrected chi connectivity index (χ1v) is 9.58. The van der Waals surface area contributed by atoms with Gasteiger partial charge in [0.2, 0.25) is 5.78 Å². The summed E-state index contributed by atoms with van der Waals surface area (Å²) >= 11 is 6.32. The zero-order valence-corrected chi connectivity index (χ0v) is 17.9. The Morgan fingerprint density at radius 1 is 1.17 bits per heavy atom. The molecule has 30 heavy (non-hydrogen) atoms. The van der Waals surface area contributed by atoms with Crippen LogP contribution in [0, 0.1) is 20.8 Å². The Balaban J connectivity index is 2.14. The maximum atomic E-state index is 13.2. The standard InChI is InChI=1S/C20H20ClN5O4/c1-10-6-7-13(8-14(10)21)25-11(2)12(3)26-16-17(22-19(25)26)23(4)20(29)24(18(16)28)9-15(27)30-5/h6-8H,9H2,1-5H3. The van der Waals surface area contributed by atoms with Gasteiger partial charge in [0.25, 0.3) is 5.56 Å². The molecule has 0 N–H and O–H groups in total. The lowest BCUT2D eigenvalue weighted by atomic mass is 10.2. The maximum Gasteiger partial charge on any atom is 0.333 e. The van der Waals surface area contributed by atoms with Crippen LogP contribution < -0.4 is 11.2 Å². The van der Waals surface area contributed by atoms with Crippen molar-refractivity contribution in [1.29, 1.82) is 0 Å². The molecule has 3 aromatic heterocycles. The van der Waals surface area contributed by atoms with Crippen LogP contribution in [-0.4, -0.2) is 36.2 Å². The van der Waals surface area contributed by atoms with Crippen molar-refractivity contribution >= 4 is 34.5 Å². The van der Waals surface area contributed by atoms with Crippen molar-refractivity contribution in [1.82, 2.24) is 23.1 Å². The smallest absolute Gasteiger partial charge is 0.333 e. The van der Waals surface area contributed by atoms with Crippen LogP contribution in [0.5, 0.6) is 0 Å². The van der Waals surface area contributed by atoms with E-state index in [0.717, 1.165) is 27.2 Å². The minimum absolute atomic E-state index is 0.216. The lowest BCUT2D eigenvalue weighted by Gasteiger charge is -2.08. The van der Waals surface area contributed by atoms with E-state index in [1.807, 2.05) is 43.5 Å². The molecule has 3 heterocycles. The normalized spacial score (nSPS) is 11.5. The number of hydrogen-bond acceptors (Lipinski definition) is 5. The zero-order valence-electron chi connectivity index (χ0n) is 17.2. The molecule has 4 aromatic rings. The Hall–Kier alpha value is -3.33. The Labute approximate surface area is 175 Å². The van der Waals surface area contributed by atoms with Crippen molar-refractivity contribution in [3.05, 3.63) is 61.0 Å². The number of aromatic nitrogens is 5. The maximum absolute atomic E-state index is 13.2. The number of carbonyl (C=O) groups is 1. The van der Waals surface area contributed by atoms with E-state index in [0.29, 0.717) is 10.8 Å². The number of imidazole rings is 2. The summed E-state index contributed by atoms with van der Waals surface area (Å²) < 4.78 is 10.3. The number of esters is 1. The quantitative estimate of drug-likeness (QED) is 0.464. The minimum Gasteiger partial charge on any atom is -0.468 e. The molecule has 0 fully saturated rings. The molecule has 4 rings (SSSR count). The molecule has 0 saturated carbocycles. The fraction of sp³-hybridized carbons (Fsp3) is 0.300. The van der Waals surface area contributed by atoms with Gasteiger partial charge in [0.15, 0.2) is 11.2 Å². The number of hydrogen-bond donors (Lipinski definition) is 0. The first kappa shape index (κ1) is 20.0. The van der Waals surface area contributed by atoms with Gasteiger partial charge in [-0.3, -0.25) is 23.1 Å². The van der Waals surface area contributed by atoms with Crippen molar-refractivity contribution in [2.75, 3.05) is 7.11 Å². The Bertz CT molecular complexity index is 1470. The van der Waals surface area contributed by atoms with E-state index in [2.05, 4.69) is 9.72 Å². The summed E-state index contributed by atoms with van der Waals surface area (Å²) in [6.07, 6.45) is 0. The molecule has 0 amide bonds. The first-order valence-electron chi connectivity index (χ1n) is 9.20. The van der Waals surface area contributed by atoms with Crippen LogP contribution >= 0.6 is 11.6 Å². The highest BCUT2D eigenvalue weighted by Crippen LogP contribution is 2.27. The summed E-state index contributed by atoms with van der Waals surface area (Å²) in [6.45, 7) is 5.22. The number of fused-ring (bicyclic) bond motifs is 3. The van der Waals surface area contributed by atoms with Gasteiger partial charge in [-0.05, 0) is 38.5 Å². The second-order valence-electron chi connectivity index (χ2n) is 7.17. The molecule has 0 spiro atoms. The van der Waals surface area contributed by atoms with Crippen molar-refractivity contribution < 1.29 is 9.53 Å². The number of rotatable bonds is 3. The predicted octanol–water partition coefficient (Wildman–Crippen LogP) is 1.89. The number of nitrogens with zero attached hydrogens (tertiary/aromatic N) is 5. The summed E-state index contributed by atoms with van der Waals surface area (Å²) in [5, 5.41) is 0.611. The monoisotopic (exact) mass is 429 g/mol. The zero-order chi connectivity index (χ0) is 21.9. The van der Waals surface area contributed by atoms with Crippen molar-refractivity contribution in [2.45, 2.75) is 27.3 Å². The van der Waals surface area contributed by atoms with Crippen LogP contribution in [0.2, 0.25) is 5.02 Å². The lowest BCUT2D eigenvalue weighted by molar-refractivity contribution is -0.141. The predicted molar refractivity (Wildman–Crippen MR) is 113 cm³/mol. The number of methoxy groups -OCH3 is 1.